The first-order valence-electron chi connectivity index (χ1n) is 7.00. The van der Waals surface area contributed by atoms with E-state index in [4.69, 9.17) is 0 Å². The van der Waals surface area contributed by atoms with Gasteiger partial charge in [-0.2, -0.15) is 26.3 Å². The SMILES string of the molecule is FC(F)(F)C(=COC=C(c1ccccc1)C(F)(F)F)c1ccccc1. The van der Waals surface area contributed by atoms with Crippen molar-refractivity contribution in [3.05, 3.63) is 84.3 Å². The zero-order valence-corrected chi connectivity index (χ0v) is 12.6. The molecule has 0 heterocycles. The van der Waals surface area contributed by atoms with Crippen molar-refractivity contribution in [3.63, 3.8) is 0 Å². The summed E-state index contributed by atoms with van der Waals surface area (Å²) in [6.45, 7) is 0. The number of allylic oxidation sites excluding steroid dienone is 2. The summed E-state index contributed by atoms with van der Waals surface area (Å²) in [4.78, 5) is 0. The lowest BCUT2D eigenvalue weighted by atomic mass is 10.1. The zero-order valence-electron chi connectivity index (χ0n) is 12.6. The Morgan fingerprint density at radius 2 is 0.920 bits per heavy atom. The summed E-state index contributed by atoms with van der Waals surface area (Å²) in [6.07, 6.45) is -9.02. The molecule has 0 aliphatic heterocycles. The molecule has 0 N–H and O–H groups in total. The summed E-state index contributed by atoms with van der Waals surface area (Å²) in [6, 6.07) is 13.3. The predicted molar refractivity (Wildman–Crippen MR) is 82.0 cm³/mol. The average Bonchev–Trinajstić information content (AvgIpc) is 2.54. The van der Waals surface area contributed by atoms with E-state index in [1.807, 2.05) is 0 Å². The summed E-state index contributed by atoms with van der Waals surface area (Å²) in [5, 5.41) is 0. The molecular formula is C18H12F6O. The van der Waals surface area contributed by atoms with E-state index in [1.165, 1.54) is 60.7 Å². The van der Waals surface area contributed by atoms with Crippen molar-refractivity contribution in [3.8, 4) is 0 Å². The molecule has 0 unspecified atom stereocenters. The molecule has 0 aliphatic rings. The molecule has 0 atom stereocenters. The molecule has 7 heteroatoms. The Morgan fingerprint density at radius 1 is 0.600 bits per heavy atom. The summed E-state index contributed by atoms with van der Waals surface area (Å²) in [7, 11) is 0. The molecule has 0 radical (unpaired) electrons. The number of alkyl halides is 6. The van der Waals surface area contributed by atoms with E-state index in [2.05, 4.69) is 4.74 Å². The van der Waals surface area contributed by atoms with Crippen LogP contribution in [0, 0.1) is 0 Å². The molecule has 2 rings (SSSR count). The minimum Gasteiger partial charge on any atom is -0.471 e. The highest BCUT2D eigenvalue weighted by Gasteiger charge is 2.37. The van der Waals surface area contributed by atoms with Gasteiger partial charge in [-0.25, -0.2) is 0 Å². The number of hydrogen-bond donors (Lipinski definition) is 0. The monoisotopic (exact) mass is 358 g/mol. The number of hydrogen-bond acceptors (Lipinski definition) is 1. The number of rotatable bonds is 4. The number of ether oxygens (including phenoxy) is 1. The van der Waals surface area contributed by atoms with Gasteiger partial charge in [0.2, 0.25) is 0 Å². The van der Waals surface area contributed by atoms with Gasteiger partial charge in [-0.3, -0.25) is 0 Å². The Balaban J connectivity index is 2.37. The highest BCUT2D eigenvalue weighted by atomic mass is 19.4. The maximum Gasteiger partial charge on any atom is 0.419 e. The summed E-state index contributed by atoms with van der Waals surface area (Å²) in [5.41, 5.74) is -2.79. The summed E-state index contributed by atoms with van der Waals surface area (Å²) >= 11 is 0. The molecule has 25 heavy (non-hydrogen) atoms. The largest absolute Gasteiger partial charge is 0.471 e. The van der Waals surface area contributed by atoms with Crippen molar-refractivity contribution in [2.24, 2.45) is 0 Å². The van der Waals surface area contributed by atoms with Gasteiger partial charge >= 0.3 is 12.4 Å². The molecule has 0 aliphatic carbocycles. The Bertz CT molecular complexity index is 677. The van der Waals surface area contributed by atoms with E-state index < -0.39 is 23.5 Å². The fourth-order valence-corrected chi connectivity index (χ4v) is 2.00. The molecule has 132 valence electrons. The Hall–Kier alpha value is -2.70. The van der Waals surface area contributed by atoms with Crippen molar-refractivity contribution in [1.29, 1.82) is 0 Å². The fraction of sp³-hybridized carbons (Fsp3) is 0.111. The van der Waals surface area contributed by atoms with E-state index >= 15 is 0 Å². The second-order valence-corrected chi connectivity index (χ2v) is 4.93. The second kappa shape index (κ2) is 7.46. The standard InChI is InChI=1S/C18H12F6O/c19-17(20,21)15(13-7-3-1-4-8-13)11-25-12-16(18(22,23)24)14-9-5-2-6-10-14/h1-12H. The predicted octanol–water partition coefficient (Wildman–Crippen LogP) is 6.21. The highest BCUT2D eigenvalue weighted by Crippen LogP contribution is 2.36. The zero-order chi connectivity index (χ0) is 18.5. The molecule has 0 saturated carbocycles. The van der Waals surface area contributed by atoms with Gasteiger partial charge in [-0.05, 0) is 11.1 Å². The van der Waals surface area contributed by atoms with Crippen molar-refractivity contribution in [1.82, 2.24) is 0 Å². The highest BCUT2D eigenvalue weighted by molar-refractivity contribution is 5.70. The Labute approximate surface area is 139 Å². The first-order valence-corrected chi connectivity index (χ1v) is 7.00. The van der Waals surface area contributed by atoms with Crippen LogP contribution in [0.15, 0.2) is 73.2 Å². The van der Waals surface area contributed by atoms with E-state index in [0.717, 1.165) is 0 Å². The van der Waals surface area contributed by atoms with Gasteiger partial charge in [0.15, 0.2) is 0 Å². The van der Waals surface area contributed by atoms with Crippen molar-refractivity contribution in [2.75, 3.05) is 0 Å². The van der Waals surface area contributed by atoms with Gasteiger partial charge in [0.05, 0.1) is 11.1 Å². The second-order valence-electron chi connectivity index (χ2n) is 4.93. The molecule has 0 saturated heterocycles. The number of halogens is 6. The maximum absolute atomic E-state index is 13.1. The quantitative estimate of drug-likeness (QED) is 0.466. The van der Waals surface area contributed by atoms with Gasteiger partial charge in [-0.15, -0.1) is 0 Å². The number of benzene rings is 2. The lowest BCUT2D eigenvalue weighted by Gasteiger charge is -2.13. The normalized spacial score (nSPS) is 13.7. The molecule has 0 amide bonds. The smallest absolute Gasteiger partial charge is 0.419 e. The summed E-state index contributed by atoms with van der Waals surface area (Å²) in [5.74, 6) is 0. The van der Waals surface area contributed by atoms with Crippen LogP contribution in [-0.2, 0) is 4.74 Å². The van der Waals surface area contributed by atoms with Crippen LogP contribution in [-0.4, -0.2) is 12.4 Å². The van der Waals surface area contributed by atoms with E-state index in [-0.39, 0.29) is 23.7 Å². The molecule has 0 aromatic heterocycles. The molecular weight excluding hydrogens is 346 g/mol. The van der Waals surface area contributed by atoms with Crippen LogP contribution in [0.4, 0.5) is 26.3 Å². The van der Waals surface area contributed by atoms with Crippen molar-refractivity contribution < 1.29 is 31.1 Å². The molecule has 0 bridgehead atoms. The van der Waals surface area contributed by atoms with Crippen LogP contribution in [0.5, 0.6) is 0 Å². The lowest BCUT2D eigenvalue weighted by Crippen LogP contribution is -2.12. The van der Waals surface area contributed by atoms with Crippen LogP contribution in [0.25, 0.3) is 11.1 Å². The third-order valence-corrected chi connectivity index (χ3v) is 3.15. The van der Waals surface area contributed by atoms with Gasteiger partial charge < -0.3 is 4.74 Å². The van der Waals surface area contributed by atoms with Crippen LogP contribution in [0.3, 0.4) is 0 Å². The van der Waals surface area contributed by atoms with Crippen LogP contribution in [0.2, 0.25) is 0 Å². The Kier molecular flexibility index (Phi) is 5.56. The average molecular weight is 358 g/mol. The van der Waals surface area contributed by atoms with Crippen LogP contribution >= 0.6 is 0 Å². The minimum absolute atomic E-state index is 0.211. The van der Waals surface area contributed by atoms with Gasteiger partial charge in [0.25, 0.3) is 0 Å². The molecule has 2 aromatic carbocycles. The van der Waals surface area contributed by atoms with Gasteiger partial charge in [-0.1, -0.05) is 60.7 Å². The van der Waals surface area contributed by atoms with E-state index in [0.29, 0.717) is 0 Å². The third kappa shape index (κ3) is 5.14. The van der Waals surface area contributed by atoms with Crippen molar-refractivity contribution in [2.45, 2.75) is 12.4 Å². The first kappa shape index (κ1) is 18.6. The Morgan fingerprint density at radius 3 is 1.20 bits per heavy atom. The lowest BCUT2D eigenvalue weighted by molar-refractivity contribution is -0.0703. The first-order chi connectivity index (χ1) is 11.7. The van der Waals surface area contributed by atoms with Gasteiger partial charge in [0, 0.05) is 0 Å². The van der Waals surface area contributed by atoms with Gasteiger partial charge in [0.1, 0.15) is 12.5 Å². The van der Waals surface area contributed by atoms with Crippen molar-refractivity contribution >= 4 is 11.1 Å². The van der Waals surface area contributed by atoms with Crippen LogP contribution in [0.1, 0.15) is 11.1 Å². The molecule has 2 aromatic rings. The fourth-order valence-electron chi connectivity index (χ4n) is 2.00. The summed E-state index contributed by atoms with van der Waals surface area (Å²) < 4.78 is 83.1. The molecule has 0 spiro atoms. The molecule has 0 fully saturated rings. The van der Waals surface area contributed by atoms with E-state index in [9.17, 15) is 26.3 Å². The van der Waals surface area contributed by atoms with E-state index in [1.54, 1.807) is 0 Å². The minimum atomic E-state index is -4.78. The topological polar surface area (TPSA) is 9.23 Å². The maximum atomic E-state index is 13.1. The third-order valence-electron chi connectivity index (χ3n) is 3.15. The van der Waals surface area contributed by atoms with Crippen LogP contribution < -0.4 is 0 Å². The molecule has 1 nitrogen and oxygen atoms in total.